The Labute approximate surface area is 231 Å². The van der Waals surface area contributed by atoms with E-state index in [1.807, 2.05) is 13.0 Å². The number of anilines is 2. The highest BCUT2D eigenvalue weighted by Gasteiger charge is 2.31. The fraction of sp³-hybridized carbons (Fsp3) is 0.367. The fourth-order valence-corrected chi connectivity index (χ4v) is 5.13. The van der Waals surface area contributed by atoms with Gasteiger partial charge in [0.15, 0.2) is 0 Å². The quantitative estimate of drug-likeness (QED) is 0.452. The third-order valence-electron chi connectivity index (χ3n) is 7.57. The Morgan fingerprint density at radius 2 is 1.60 bits per heavy atom. The summed E-state index contributed by atoms with van der Waals surface area (Å²) >= 11 is 0. The van der Waals surface area contributed by atoms with Crippen LogP contribution in [0.4, 0.5) is 24.7 Å². The number of aryl methyl sites for hydroxylation is 1. The summed E-state index contributed by atoms with van der Waals surface area (Å²) in [6.45, 7) is 5.67. The van der Waals surface area contributed by atoms with Crippen molar-refractivity contribution in [3.05, 3.63) is 88.6 Å². The molecule has 2 saturated heterocycles. The molecule has 7 nitrogen and oxygen atoms in total. The maximum Gasteiger partial charge on any atom is 0.416 e. The maximum absolute atomic E-state index is 13.3. The summed E-state index contributed by atoms with van der Waals surface area (Å²) in [6, 6.07) is 14.1. The van der Waals surface area contributed by atoms with Gasteiger partial charge in [0, 0.05) is 43.6 Å². The van der Waals surface area contributed by atoms with Gasteiger partial charge in [0.1, 0.15) is 5.82 Å². The molecule has 2 aliphatic heterocycles. The third kappa shape index (κ3) is 6.28. The summed E-state index contributed by atoms with van der Waals surface area (Å²) in [5.41, 5.74) is 2.45. The minimum atomic E-state index is -4.36. The van der Waals surface area contributed by atoms with Gasteiger partial charge in [-0.05, 0) is 73.2 Å². The van der Waals surface area contributed by atoms with E-state index in [2.05, 4.69) is 15.2 Å². The molecule has 1 N–H and O–H groups in total. The monoisotopic (exact) mass is 552 g/mol. The summed E-state index contributed by atoms with van der Waals surface area (Å²) in [6.07, 6.45) is -1.48. The largest absolute Gasteiger partial charge is 0.416 e. The van der Waals surface area contributed by atoms with Gasteiger partial charge >= 0.3 is 6.18 Å². The second kappa shape index (κ2) is 11.7. The number of aromatic nitrogens is 1. The number of likely N-dealkylation sites (tertiary alicyclic amines) is 1. The van der Waals surface area contributed by atoms with Gasteiger partial charge in [-0.3, -0.25) is 9.59 Å². The number of hydrogen-bond acceptors (Lipinski definition) is 5. The lowest BCUT2D eigenvalue weighted by atomic mass is 9.88. The highest BCUT2D eigenvalue weighted by molar-refractivity contribution is 6.05. The van der Waals surface area contributed by atoms with Crippen molar-refractivity contribution in [1.29, 1.82) is 0 Å². The number of ether oxygens (including phenoxy) is 1. The zero-order valence-electron chi connectivity index (χ0n) is 22.2. The van der Waals surface area contributed by atoms with Crippen LogP contribution in [0.3, 0.4) is 0 Å². The lowest BCUT2D eigenvalue weighted by molar-refractivity contribution is -0.137. The number of nitrogens with one attached hydrogen (secondary N) is 1. The Kier molecular flexibility index (Phi) is 8.07. The topological polar surface area (TPSA) is 74.8 Å². The lowest BCUT2D eigenvalue weighted by Crippen LogP contribution is -2.38. The van der Waals surface area contributed by atoms with Crippen LogP contribution in [0.2, 0.25) is 0 Å². The number of carbonyl (C=O) groups is 2. The highest BCUT2D eigenvalue weighted by atomic mass is 19.4. The van der Waals surface area contributed by atoms with Gasteiger partial charge in [-0.25, -0.2) is 4.98 Å². The van der Waals surface area contributed by atoms with Gasteiger partial charge in [0.05, 0.1) is 24.3 Å². The second-order valence-corrected chi connectivity index (χ2v) is 10.2. The van der Waals surface area contributed by atoms with E-state index in [-0.39, 0.29) is 17.7 Å². The Morgan fingerprint density at radius 3 is 2.23 bits per heavy atom. The van der Waals surface area contributed by atoms with Crippen LogP contribution in [0.5, 0.6) is 0 Å². The zero-order valence-corrected chi connectivity index (χ0v) is 22.2. The van der Waals surface area contributed by atoms with Crippen LogP contribution < -0.4 is 10.2 Å². The number of rotatable bonds is 5. The van der Waals surface area contributed by atoms with Crippen molar-refractivity contribution in [3.8, 4) is 0 Å². The van der Waals surface area contributed by atoms with Gasteiger partial charge in [0.2, 0.25) is 0 Å². The summed E-state index contributed by atoms with van der Waals surface area (Å²) in [5, 5.41) is 2.90. The molecule has 2 fully saturated rings. The van der Waals surface area contributed by atoms with Crippen molar-refractivity contribution >= 4 is 23.3 Å². The first-order valence-electron chi connectivity index (χ1n) is 13.4. The third-order valence-corrected chi connectivity index (χ3v) is 7.57. The van der Waals surface area contributed by atoms with Crippen molar-refractivity contribution < 1.29 is 27.5 Å². The van der Waals surface area contributed by atoms with Crippen molar-refractivity contribution in [2.75, 3.05) is 49.6 Å². The van der Waals surface area contributed by atoms with Crippen LogP contribution in [0.1, 0.15) is 56.2 Å². The number of amides is 2. The zero-order chi connectivity index (χ0) is 28.3. The van der Waals surface area contributed by atoms with Crippen LogP contribution in [-0.2, 0) is 10.9 Å². The predicted octanol–water partition coefficient (Wildman–Crippen LogP) is 5.52. The van der Waals surface area contributed by atoms with Gasteiger partial charge in [0.25, 0.3) is 11.8 Å². The predicted molar refractivity (Wildman–Crippen MR) is 146 cm³/mol. The molecule has 3 aromatic rings. The van der Waals surface area contributed by atoms with Gasteiger partial charge in [-0.1, -0.05) is 18.2 Å². The molecule has 40 heavy (non-hydrogen) atoms. The van der Waals surface area contributed by atoms with Crippen LogP contribution in [-0.4, -0.2) is 61.1 Å². The first-order chi connectivity index (χ1) is 19.2. The Bertz CT molecular complexity index is 1350. The lowest BCUT2D eigenvalue weighted by Gasteiger charge is -2.32. The molecule has 5 rings (SSSR count). The molecule has 1 aromatic heterocycles. The van der Waals surface area contributed by atoms with Crippen LogP contribution in [0.15, 0.2) is 60.8 Å². The van der Waals surface area contributed by atoms with E-state index in [1.54, 1.807) is 35.4 Å². The Morgan fingerprint density at radius 1 is 0.925 bits per heavy atom. The molecule has 2 aliphatic rings. The molecular weight excluding hydrogens is 521 g/mol. The van der Waals surface area contributed by atoms with E-state index in [0.29, 0.717) is 56.0 Å². The molecule has 210 valence electrons. The van der Waals surface area contributed by atoms with Crippen molar-refractivity contribution in [1.82, 2.24) is 9.88 Å². The molecule has 0 saturated carbocycles. The van der Waals surface area contributed by atoms with Crippen LogP contribution >= 0.6 is 0 Å². The second-order valence-electron chi connectivity index (χ2n) is 10.2. The van der Waals surface area contributed by atoms with Gasteiger partial charge in [-0.2, -0.15) is 13.2 Å². The molecule has 0 aliphatic carbocycles. The smallest absolute Gasteiger partial charge is 0.378 e. The number of benzene rings is 2. The summed E-state index contributed by atoms with van der Waals surface area (Å²) in [7, 11) is 0. The van der Waals surface area contributed by atoms with Crippen molar-refractivity contribution in [2.24, 2.45) is 0 Å². The minimum absolute atomic E-state index is 0.0995. The van der Waals surface area contributed by atoms with E-state index in [9.17, 15) is 22.8 Å². The standard InChI is InChI=1S/C30H31F3N4O3/c1-20-2-3-23(18-26(20)35-28(38)24-6-9-27(34-19-24)36-14-16-40-17-15-36)29(39)37-12-10-22(11-13-37)21-4-7-25(8-5-21)30(31,32)33/h2-9,18-19,22H,10-17H2,1H3,(H,35,38). The number of carbonyl (C=O) groups excluding carboxylic acids is 2. The molecule has 0 unspecified atom stereocenters. The number of halogens is 3. The SMILES string of the molecule is Cc1ccc(C(=O)N2CCC(c3ccc(C(F)(F)F)cc3)CC2)cc1NC(=O)c1ccc(N2CCOCC2)nc1. The fourth-order valence-electron chi connectivity index (χ4n) is 5.13. The Balaban J connectivity index is 1.20. The Hall–Kier alpha value is -3.92. The molecule has 10 heteroatoms. The molecule has 0 radical (unpaired) electrons. The van der Waals surface area contributed by atoms with Gasteiger partial charge in [-0.15, -0.1) is 0 Å². The minimum Gasteiger partial charge on any atom is -0.378 e. The van der Waals surface area contributed by atoms with E-state index in [0.717, 1.165) is 42.2 Å². The molecule has 0 atom stereocenters. The summed E-state index contributed by atoms with van der Waals surface area (Å²) < 4.78 is 44.0. The molecule has 3 heterocycles. The molecule has 0 spiro atoms. The first kappa shape index (κ1) is 27.6. The number of morpholine rings is 1. The molecule has 2 aromatic carbocycles. The van der Waals surface area contributed by atoms with E-state index in [1.165, 1.54) is 12.1 Å². The first-order valence-corrected chi connectivity index (χ1v) is 13.4. The summed E-state index contributed by atoms with van der Waals surface area (Å²) in [5.74, 6) is 0.442. The van der Waals surface area contributed by atoms with Crippen molar-refractivity contribution in [2.45, 2.75) is 31.9 Å². The number of nitrogens with zero attached hydrogens (tertiary/aromatic N) is 3. The average Bonchev–Trinajstić information content (AvgIpc) is 2.98. The van der Waals surface area contributed by atoms with Crippen LogP contribution in [0.25, 0.3) is 0 Å². The van der Waals surface area contributed by atoms with E-state index >= 15 is 0 Å². The van der Waals surface area contributed by atoms with Gasteiger partial charge < -0.3 is 19.9 Å². The maximum atomic E-state index is 13.3. The normalized spacial score (nSPS) is 16.6. The van der Waals surface area contributed by atoms with E-state index < -0.39 is 11.7 Å². The summed E-state index contributed by atoms with van der Waals surface area (Å²) in [4.78, 5) is 34.5. The number of alkyl halides is 3. The molecular formula is C30H31F3N4O3. The van der Waals surface area contributed by atoms with Crippen LogP contribution in [0, 0.1) is 6.92 Å². The highest BCUT2D eigenvalue weighted by Crippen LogP contribution is 2.33. The molecule has 0 bridgehead atoms. The number of hydrogen-bond donors (Lipinski definition) is 1. The van der Waals surface area contributed by atoms with Crippen molar-refractivity contribution in [3.63, 3.8) is 0 Å². The number of pyridine rings is 1. The van der Waals surface area contributed by atoms with E-state index in [4.69, 9.17) is 4.74 Å². The number of piperidine rings is 1. The molecule has 2 amide bonds. The average molecular weight is 553 g/mol.